The van der Waals surface area contributed by atoms with Crippen LogP contribution in [0.5, 0.6) is 0 Å². The molecule has 0 saturated carbocycles. The van der Waals surface area contributed by atoms with Crippen LogP contribution in [0.3, 0.4) is 0 Å². The zero-order valence-electron chi connectivity index (χ0n) is 15.8. The molecule has 7 heteroatoms. The van der Waals surface area contributed by atoms with Gasteiger partial charge in [0.1, 0.15) is 11.5 Å². The molecule has 0 fully saturated rings. The van der Waals surface area contributed by atoms with Gasteiger partial charge in [0.2, 0.25) is 0 Å². The maximum absolute atomic E-state index is 12.9. The van der Waals surface area contributed by atoms with Crippen LogP contribution in [0.1, 0.15) is 39.9 Å². The van der Waals surface area contributed by atoms with Gasteiger partial charge < -0.3 is 19.3 Å². The highest BCUT2D eigenvalue weighted by atomic mass is 16.5. The number of carbonyl (C=O) groups is 1. The number of nitrogens with zero attached hydrogens (tertiary/aromatic N) is 4. The van der Waals surface area contributed by atoms with Gasteiger partial charge in [0.05, 0.1) is 24.6 Å². The average molecular weight is 365 g/mol. The molecule has 0 unspecified atom stereocenters. The molecule has 1 aliphatic heterocycles. The van der Waals surface area contributed by atoms with Gasteiger partial charge in [-0.2, -0.15) is 0 Å². The largest absolute Gasteiger partial charge is 0.359 e. The Morgan fingerprint density at radius 3 is 3.00 bits per heavy atom. The minimum Gasteiger partial charge on any atom is -0.359 e. The van der Waals surface area contributed by atoms with E-state index in [0.717, 1.165) is 17.0 Å². The third-order valence-electron chi connectivity index (χ3n) is 5.24. The molecule has 1 N–H and O–H groups in total. The molecule has 4 rings (SSSR count). The highest BCUT2D eigenvalue weighted by Gasteiger charge is 2.29. The highest BCUT2D eigenvalue weighted by Crippen LogP contribution is 2.30. The summed E-state index contributed by atoms with van der Waals surface area (Å²) in [5.41, 5.74) is 4.94. The van der Waals surface area contributed by atoms with E-state index in [1.165, 1.54) is 11.1 Å². The zero-order valence-corrected chi connectivity index (χ0v) is 15.8. The molecule has 1 aromatic carbocycles. The Bertz CT molecular complexity index is 988. The second-order valence-electron chi connectivity index (χ2n) is 6.85. The van der Waals surface area contributed by atoms with E-state index in [9.17, 15) is 4.79 Å². The van der Waals surface area contributed by atoms with Crippen molar-refractivity contribution < 1.29 is 9.32 Å². The fourth-order valence-electron chi connectivity index (χ4n) is 3.41. The SMILES string of the molecule is CCn1cncc1C(=O)N1CCc2onc(Nc3cccc(C)c3C)c2C1. The molecular weight excluding hydrogens is 342 g/mol. The van der Waals surface area contributed by atoms with Gasteiger partial charge in [0.15, 0.2) is 5.82 Å². The average Bonchev–Trinajstić information content (AvgIpc) is 3.31. The zero-order chi connectivity index (χ0) is 19.0. The molecule has 3 aromatic rings. The number of carbonyl (C=O) groups excluding carboxylic acids is 1. The summed E-state index contributed by atoms with van der Waals surface area (Å²) in [6, 6.07) is 6.12. The predicted molar refractivity (Wildman–Crippen MR) is 102 cm³/mol. The number of imidazole rings is 1. The van der Waals surface area contributed by atoms with E-state index >= 15 is 0 Å². The molecule has 27 heavy (non-hydrogen) atoms. The predicted octanol–water partition coefficient (Wildman–Crippen LogP) is 3.45. The van der Waals surface area contributed by atoms with Crippen LogP contribution in [0.15, 0.2) is 35.2 Å². The fraction of sp³-hybridized carbons (Fsp3) is 0.350. The summed E-state index contributed by atoms with van der Waals surface area (Å²) < 4.78 is 7.39. The molecule has 0 saturated heterocycles. The summed E-state index contributed by atoms with van der Waals surface area (Å²) >= 11 is 0. The minimum atomic E-state index is -0.0149. The van der Waals surface area contributed by atoms with Gasteiger partial charge in [0.25, 0.3) is 5.91 Å². The van der Waals surface area contributed by atoms with Gasteiger partial charge in [-0.3, -0.25) is 4.79 Å². The van der Waals surface area contributed by atoms with Crippen molar-refractivity contribution in [1.29, 1.82) is 0 Å². The Morgan fingerprint density at radius 2 is 2.19 bits per heavy atom. The molecular formula is C20H23N5O2. The third kappa shape index (κ3) is 3.09. The molecule has 1 amide bonds. The fourth-order valence-corrected chi connectivity index (χ4v) is 3.41. The van der Waals surface area contributed by atoms with Gasteiger partial charge in [-0.1, -0.05) is 17.3 Å². The first-order valence-corrected chi connectivity index (χ1v) is 9.18. The number of amides is 1. The van der Waals surface area contributed by atoms with Crippen molar-refractivity contribution in [3.63, 3.8) is 0 Å². The van der Waals surface area contributed by atoms with Crippen molar-refractivity contribution in [3.8, 4) is 0 Å². The topological polar surface area (TPSA) is 76.2 Å². The van der Waals surface area contributed by atoms with Crippen LogP contribution >= 0.6 is 0 Å². The summed E-state index contributed by atoms with van der Waals surface area (Å²) in [7, 11) is 0. The van der Waals surface area contributed by atoms with Crippen LogP contribution in [-0.4, -0.2) is 32.1 Å². The number of aryl methyl sites for hydroxylation is 2. The minimum absolute atomic E-state index is 0.0149. The van der Waals surface area contributed by atoms with Crippen LogP contribution in [0.4, 0.5) is 11.5 Å². The quantitative estimate of drug-likeness (QED) is 0.766. The summed E-state index contributed by atoms with van der Waals surface area (Å²) in [6.45, 7) is 7.95. The molecule has 0 radical (unpaired) electrons. The van der Waals surface area contributed by atoms with Crippen LogP contribution < -0.4 is 5.32 Å². The Hall–Kier alpha value is -3.09. The monoisotopic (exact) mass is 365 g/mol. The Kier molecular flexibility index (Phi) is 4.43. The molecule has 7 nitrogen and oxygen atoms in total. The Balaban J connectivity index is 1.58. The first-order valence-electron chi connectivity index (χ1n) is 9.18. The summed E-state index contributed by atoms with van der Waals surface area (Å²) in [5.74, 6) is 1.51. The van der Waals surface area contributed by atoms with Crippen molar-refractivity contribution in [3.05, 3.63) is 58.9 Å². The van der Waals surface area contributed by atoms with E-state index < -0.39 is 0 Å². The smallest absolute Gasteiger partial charge is 0.272 e. The number of anilines is 2. The number of rotatable bonds is 4. The molecule has 0 aliphatic carbocycles. The molecule has 0 atom stereocenters. The second kappa shape index (κ2) is 6.90. The van der Waals surface area contributed by atoms with Crippen LogP contribution in [0.25, 0.3) is 0 Å². The van der Waals surface area contributed by atoms with Crippen molar-refractivity contribution in [2.24, 2.45) is 0 Å². The van der Waals surface area contributed by atoms with Crippen molar-refractivity contribution in [2.45, 2.75) is 40.3 Å². The van der Waals surface area contributed by atoms with Crippen LogP contribution in [0, 0.1) is 13.8 Å². The number of hydrogen-bond acceptors (Lipinski definition) is 5. The van der Waals surface area contributed by atoms with Gasteiger partial charge in [-0.05, 0) is 38.0 Å². The summed E-state index contributed by atoms with van der Waals surface area (Å²) in [6.07, 6.45) is 3.97. The maximum atomic E-state index is 12.9. The number of nitrogens with one attached hydrogen (secondary N) is 1. The normalized spacial score (nSPS) is 13.5. The van der Waals surface area contributed by atoms with Crippen molar-refractivity contribution >= 4 is 17.4 Å². The van der Waals surface area contributed by atoms with Gasteiger partial charge in [-0.25, -0.2) is 4.98 Å². The molecule has 1 aliphatic rings. The van der Waals surface area contributed by atoms with Crippen LogP contribution in [0.2, 0.25) is 0 Å². The van der Waals surface area contributed by atoms with Gasteiger partial charge in [0, 0.05) is 25.2 Å². The first kappa shape index (κ1) is 17.3. The summed E-state index contributed by atoms with van der Waals surface area (Å²) in [5, 5.41) is 7.59. The first-order chi connectivity index (χ1) is 13.1. The molecule has 3 heterocycles. The van der Waals surface area contributed by atoms with E-state index in [1.807, 2.05) is 28.5 Å². The van der Waals surface area contributed by atoms with Crippen molar-refractivity contribution in [1.82, 2.24) is 19.6 Å². The standard InChI is InChI=1S/C20H23N5O2/c1-4-24-12-21-10-17(24)20(26)25-9-8-18-15(11-25)19(23-27-18)22-16-7-5-6-13(2)14(16)3/h5-7,10,12H,4,8-9,11H2,1-3H3,(H,22,23). The molecule has 0 spiro atoms. The Labute approximate surface area is 158 Å². The number of hydrogen-bond donors (Lipinski definition) is 1. The van der Waals surface area contributed by atoms with Crippen molar-refractivity contribution in [2.75, 3.05) is 11.9 Å². The molecule has 140 valence electrons. The maximum Gasteiger partial charge on any atom is 0.272 e. The lowest BCUT2D eigenvalue weighted by Gasteiger charge is -2.26. The number of fused-ring (bicyclic) bond motifs is 1. The van der Waals surface area contributed by atoms with Crippen LogP contribution in [-0.2, 0) is 19.5 Å². The van der Waals surface area contributed by atoms with E-state index in [2.05, 4.69) is 35.4 Å². The Morgan fingerprint density at radius 1 is 1.33 bits per heavy atom. The van der Waals surface area contributed by atoms with Gasteiger partial charge >= 0.3 is 0 Å². The van der Waals surface area contributed by atoms with E-state index in [1.54, 1.807) is 12.5 Å². The lowest BCUT2D eigenvalue weighted by Crippen LogP contribution is -2.36. The molecule has 2 aromatic heterocycles. The van der Waals surface area contributed by atoms with E-state index in [0.29, 0.717) is 37.6 Å². The lowest BCUT2D eigenvalue weighted by atomic mass is 10.1. The lowest BCUT2D eigenvalue weighted by molar-refractivity contribution is 0.0718. The third-order valence-corrected chi connectivity index (χ3v) is 5.24. The summed E-state index contributed by atoms with van der Waals surface area (Å²) in [4.78, 5) is 18.9. The van der Waals surface area contributed by atoms with E-state index in [4.69, 9.17) is 4.52 Å². The van der Waals surface area contributed by atoms with Gasteiger partial charge in [-0.15, -0.1) is 0 Å². The molecule has 0 bridgehead atoms. The van der Waals surface area contributed by atoms with E-state index in [-0.39, 0.29) is 5.91 Å². The highest BCUT2D eigenvalue weighted by molar-refractivity contribution is 5.92. The second-order valence-corrected chi connectivity index (χ2v) is 6.85. The number of benzene rings is 1. The number of aromatic nitrogens is 3.